The highest BCUT2D eigenvalue weighted by Gasteiger charge is 1.84. The smallest absolute Gasteiger partial charge is 0.0487 e. The second kappa shape index (κ2) is 6.15. The number of hydrogen-bond acceptors (Lipinski definition) is 0. The van der Waals surface area contributed by atoms with Gasteiger partial charge in [0.05, 0.1) is 0 Å². The zero-order valence-electron chi connectivity index (χ0n) is 6.23. The van der Waals surface area contributed by atoms with Gasteiger partial charge in [0.2, 0.25) is 0 Å². The Labute approximate surface area is 62.9 Å². The van der Waals surface area contributed by atoms with E-state index in [1.54, 1.807) is 0 Å². The lowest BCUT2D eigenvalue weighted by Gasteiger charge is -1.90. The van der Waals surface area contributed by atoms with Crippen LogP contribution in [-0.2, 0) is 0 Å². The lowest BCUT2D eigenvalue weighted by molar-refractivity contribution is 0.813. The van der Waals surface area contributed by atoms with Gasteiger partial charge in [-0.25, -0.2) is 0 Å². The van der Waals surface area contributed by atoms with E-state index < -0.39 is 0 Å². The summed E-state index contributed by atoms with van der Waals surface area (Å²) in [4.78, 5) is 0. The highest BCUT2D eigenvalue weighted by Crippen LogP contribution is 1.99. The molecule has 0 heterocycles. The molecule has 0 aliphatic heterocycles. The molecule has 0 spiro atoms. The first-order chi connectivity index (χ1) is 4.27. The second-order valence-electron chi connectivity index (χ2n) is 2.25. The summed E-state index contributed by atoms with van der Waals surface area (Å²) in [6, 6.07) is 0. The van der Waals surface area contributed by atoms with Crippen LogP contribution >= 0.6 is 11.6 Å². The third-order valence-corrected chi connectivity index (χ3v) is 1.27. The van der Waals surface area contributed by atoms with E-state index in [0.717, 1.165) is 0 Å². The van der Waals surface area contributed by atoms with Gasteiger partial charge in [0.15, 0.2) is 0 Å². The molecule has 0 aliphatic rings. The molecule has 0 aromatic carbocycles. The number of halogens is 1. The molecule has 0 nitrogen and oxygen atoms in total. The molecule has 0 rings (SSSR count). The summed E-state index contributed by atoms with van der Waals surface area (Å²) < 4.78 is 0. The number of unbranched alkanes of at least 4 members (excludes halogenated alkanes) is 2. The van der Waals surface area contributed by atoms with Crippen LogP contribution in [0, 0.1) is 0 Å². The minimum absolute atomic E-state index is 0.196. The Hall–Kier alpha value is 0.0300. The molecule has 0 aliphatic carbocycles. The average Bonchev–Trinajstić information content (AvgIpc) is 1.80. The minimum Gasteiger partial charge on any atom is -0.119 e. The van der Waals surface area contributed by atoms with E-state index in [9.17, 15) is 0 Å². The first-order valence-corrected chi connectivity index (χ1v) is 4.01. The zero-order valence-corrected chi connectivity index (χ0v) is 6.99. The standard InChI is InChI=1S/C8H15Cl/c1-3-4-5-6-7-8(2)9/h6-8H,3-5H2,1-2H3. The van der Waals surface area contributed by atoms with Crippen molar-refractivity contribution in [2.75, 3.05) is 0 Å². The number of rotatable bonds is 4. The first-order valence-electron chi connectivity index (χ1n) is 3.58. The SMILES string of the molecule is CCCCC=CC(C)Cl. The summed E-state index contributed by atoms with van der Waals surface area (Å²) in [5.74, 6) is 0. The topological polar surface area (TPSA) is 0 Å². The molecule has 0 aromatic rings. The molecule has 0 N–H and O–H groups in total. The van der Waals surface area contributed by atoms with Crippen LogP contribution in [0.4, 0.5) is 0 Å². The molecule has 0 saturated heterocycles. The van der Waals surface area contributed by atoms with Crippen LogP contribution in [0.15, 0.2) is 12.2 Å². The van der Waals surface area contributed by atoms with Crippen LogP contribution in [0.25, 0.3) is 0 Å². The van der Waals surface area contributed by atoms with Gasteiger partial charge in [-0.05, 0) is 13.3 Å². The molecule has 1 atom stereocenters. The molecular weight excluding hydrogens is 132 g/mol. The summed E-state index contributed by atoms with van der Waals surface area (Å²) in [6.07, 6.45) is 7.91. The second-order valence-corrected chi connectivity index (χ2v) is 2.94. The van der Waals surface area contributed by atoms with Gasteiger partial charge in [-0.3, -0.25) is 0 Å². The highest BCUT2D eigenvalue weighted by atomic mass is 35.5. The quantitative estimate of drug-likeness (QED) is 0.324. The van der Waals surface area contributed by atoms with Gasteiger partial charge in [0.1, 0.15) is 0 Å². The van der Waals surface area contributed by atoms with Crippen molar-refractivity contribution < 1.29 is 0 Å². The van der Waals surface area contributed by atoms with Crippen molar-refractivity contribution in [3.8, 4) is 0 Å². The molecule has 0 fully saturated rings. The van der Waals surface area contributed by atoms with Crippen LogP contribution < -0.4 is 0 Å². The third kappa shape index (κ3) is 8.03. The number of hydrogen-bond donors (Lipinski definition) is 0. The van der Waals surface area contributed by atoms with Crippen molar-refractivity contribution in [1.82, 2.24) is 0 Å². The predicted octanol–water partition coefficient (Wildman–Crippen LogP) is 3.36. The van der Waals surface area contributed by atoms with Crippen LogP contribution in [0.1, 0.15) is 33.1 Å². The van der Waals surface area contributed by atoms with Crippen molar-refractivity contribution in [2.45, 2.75) is 38.5 Å². The molecule has 0 amide bonds. The van der Waals surface area contributed by atoms with E-state index in [2.05, 4.69) is 13.0 Å². The Morgan fingerprint density at radius 3 is 2.67 bits per heavy atom. The molecule has 0 aromatic heterocycles. The zero-order chi connectivity index (χ0) is 7.11. The van der Waals surface area contributed by atoms with Crippen molar-refractivity contribution in [3.05, 3.63) is 12.2 Å². The fourth-order valence-corrected chi connectivity index (χ4v) is 0.709. The summed E-state index contributed by atoms with van der Waals surface area (Å²) >= 11 is 5.67. The highest BCUT2D eigenvalue weighted by molar-refractivity contribution is 6.21. The molecule has 54 valence electrons. The van der Waals surface area contributed by atoms with Gasteiger partial charge < -0.3 is 0 Å². The maximum Gasteiger partial charge on any atom is 0.0487 e. The largest absolute Gasteiger partial charge is 0.119 e. The molecule has 1 heteroatoms. The van der Waals surface area contributed by atoms with Gasteiger partial charge >= 0.3 is 0 Å². The van der Waals surface area contributed by atoms with Crippen molar-refractivity contribution in [1.29, 1.82) is 0 Å². The normalized spacial score (nSPS) is 14.6. The van der Waals surface area contributed by atoms with E-state index in [4.69, 9.17) is 11.6 Å². The Kier molecular flexibility index (Phi) is 6.18. The van der Waals surface area contributed by atoms with Crippen LogP contribution in [0.3, 0.4) is 0 Å². The Balaban J connectivity index is 3.04. The number of alkyl halides is 1. The van der Waals surface area contributed by atoms with E-state index in [0.29, 0.717) is 0 Å². The van der Waals surface area contributed by atoms with Gasteiger partial charge in [0, 0.05) is 5.38 Å². The molecule has 0 saturated carbocycles. The lowest BCUT2D eigenvalue weighted by Crippen LogP contribution is -1.80. The average molecular weight is 147 g/mol. The molecule has 0 bridgehead atoms. The van der Waals surface area contributed by atoms with Crippen LogP contribution in [0.5, 0.6) is 0 Å². The van der Waals surface area contributed by atoms with Crippen molar-refractivity contribution in [3.63, 3.8) is 0 Å². The molecular formula is C8H15Cl. The summed E-state index contributed by atoms with van der Waals surface area (Å²) in [5, 5.41) is 0.196. The van der Waals surface area contributed by atoms with Crippen LogP contribution in [0.2, 0.25) is 0 Å². The van der Waals surface area contributed by atoms with Crippen molar-refractivity contribution >= 4 is 11.6 Å². The summed E-state index contributed by atoms with van der Waals surface area (Å²) in [5.41, 5.74) is 0. The third-order valence-electron chi connectivity index (χ3n) is 1.13. The predicted molar refractivity (Wildman–Crippen MR) is 44.0 cm³/mol. The lowest BCUT2D eigenvalue weighted by atomic mass is 10.2. The Bertz CT molecular complexity index is 74.6. The molecule has 0 radical (unpaired) electrons. The van der Waals surface area contributed by atoms with Gasteiger partial charge in [0.25, 0.3) is 0 Å². The first kappa shape index (κ1) is 9.03. The van der Waals surface area contributed by atoms with E-state index in [1.807, 2.05) is 13.0 Å². The minimum atomic E-state index is 0.196. The van der Waals surface area contributed by atoms with Gasteiger partial charge in [-0.1, -0.05) is 31.9 Å². The van der Waals surface area contributed by atoms with Gasteiger partial charge in [-0.2, -0.15) is 0 Å². The van der Waals surface area contributed by atoms with E-state index >= 15 is 0 Å². The van der Waals surface area contributed by atoms with E-state index in [-0.39, 0.29) is 5.38 Å². The summed E-state index contributed by atoms with van der Waals surface area (Å²) in [6.45, 7) is 4.17. The van der Waals surface area contributed by atoms with Crippen LogP contribution in [-0.4, -0.2) is 5.38 Å². The maximum atomic E-state index is 5.67. The summed E-state index contributed by atoms with van der Waals surface area (Å²) in [7, 11) is 0. The fourth-order valence-electron chi connectivity index (χ4n) is 0.606. The Morgan fingerprint density at radius 1 is 1.56 bits per heavy atom. The molecule has 9 heavy (non-hydrogen) atoms. The Morgan fingerprint density at radius 2 is 2.22 bits per heavy atom. The fraction of sp³-hybridized carbons (Fsp3) is 0.750. The monoisotopic (exact) mass is 146 g/mol. The molecule has 1 unspecified atom stereocenters. The van der Waals surface area contributed by atoms with Gasteiger partial charge in [-0.15, -0.1) is 11.6 Å². The van der Waals surface area contributed by atoms with E-state index in [1.165, 1.54) is 19.3 Å². The number of allylic oxidation sites excluding steroid dienone is 2. The van der Waals surface area contributed by atoms with Crippen molar-refractivity contribution in [2.24, 2.45) is 0 Å². The maximum absolute atomic E-state index is 5.67.